The Bertz CT molecular complexity index is 1850. The zero-order valence-electron chi connectivity index (χ0n) is 30.3. The highest BCUT2D eigenvalue weighted by Gasteiger charge is 2.38. The van der Waals surface area contributed by atoms with Gasteiger partial charge in [0.2, 0.25) is 0 Å². The van der Waals surface area contributed by atoms with E-state index in [-0.39, 0.29) is 48.0 Å². The molecule has 1 aliphatic heterocycles. The highest BCUT2D eigenvalue weighted by atomic mass is 19.4. The summed E-state index contributed by atoms with van der Waals surface area (Å²) in [7, 11) is 0. The van der Waals surface area contributed by atoms with Gasteiger partial charge in [-0.25, -0.2) is 13.2 Å². The number of benzene rings is 2. The lowest BCUT2D eigenvalue weighted by Crippen LogP contribution is -2.39. The minimum absolute atomic E-state index is 0.00142. The van der Waals surface area contributed by atoms with Crippen molar-refractivity contribution in [1.29, 1.82) is 0 Å². The van der Waals surface area contributed by atoms with Gasteiger partial charge in [-0.3, -0.25) is 14.4 Å². The highest BCUT2D eigenvalue weighted by Crippen LogP contribution is 2.47. The van der Waals surface area contributed by atoms with Crippen molar-refractivity contribution in [2.75, 3.05) is 26.2 Å². The topological polar surface area (TPSA) is 68.6 Å². The first-order valence-corrected chi connectivity index (χ1v) is 18.0. The number of nitrogens with zero attached hydrogens (tertiary/aromatic N) is 2. The molecule has 2 aliphatic rings. The number of ketones is 1. The molecule has 52 heavy (non-hydrogen) atoms. The number of alkyl halides is 3. The Morgan fingerprint density at radius 3 is 2.15 bits per heavy atom. The third kappa shape index (κ3) is 8.81. The van der Waals surface area contributed by atoms with Crippen LogP contribution in [0.25, 0.3) is 11.1 Å². The van der Waals surface area contributed by atoms with Gasteiger partial charge in [-0.05, 0) is 124 Å². The number of hydrogen-bond acceptors (Lipinski definition) is 5. The van der Waals surface area contributed by atoms with Gasteiger partial charge in [0, 0.05) is 42.3 Å². The Kier molecular flexibility index (Phi) is 12.1. The molecule has 12 heteroatoms. The minimum Gasteiger partial charge on any atom is -0.466 e. The average Bonchev–Trinajstić information content (AvgIpc) is 3.85. The average molecular weight is 733 g/mol. The van der Waals surface area contributed by atoms with Crippen LogP contribution in [0.4, 0.5) is 26.3 Å². The van der Waals surface area contributed by atoms with Crippen LogP contribution in [-0.4, -0.2) is 47.5 Å². The maximum atomic E-state index is 16.9. The van der Waals surface area contributed by atoms with E-state index in [1.165, 1.54) is 18.2 Å². The third-order valence-electron chi connectivity index (χ3n) is 10.1. The molecule has 282 valence electrons. The van der Waals surface area contributed by atoms with Crippen LogP contribution in [0.1, 0.15) is 111 Å². The van der Waals surface area contributed by atoms with E-state index >= 15 is 8.78 Å². The number of likely N-dealkylation sites (tertiary alicyclic amines) is 1. The molecule has 1 saturated heterocycles. The van der Waals surface area contributed by atoms with Gasteiger partial charge in [-0.1, -0.05) is 13.8 Å². The van der Waals surface area contributed by atoms with Gasteiger partial charge in [0.1, 0.15) is 17.5 Å². The molecular formula is C40H46F6N2O4. The van der Waals surface area contributed by atoms with Crippen LogP contribution in [0.15, 0.2) is 35.3 Å². The summed E-state index contributed by atoms with van der Waals surface area (Å²) in [6, 6.07) is 3.16. The molecular weight excluding hydrogens is 686 g/mol. The van der Waals surface area contributed by atoms with E-state index < -0.39 is 76.9 Å². The molecule has 0 spiro atoms. The molecule has 5 rings (SSSR count). The summed E-state index contributed by atoms with van der Waals surface area (Å²) < 4.78 is 96.3. The Hall–Kier alpha value is -3.93. The highest BCUT2D eigenvalue weighted by molar-refractivity contribution is 5.85. The predicted octanol–water partition coefficient (Wildman–Crippen LogP) is 8.98. The molecule has 1 unspecified atom stereocenters. The summed E-state index contributed by atoms with van der Waals surface area (Å²) in [6.07, 6.45) is -2.58. The summed E-state index contributed by atoms with van der Waals surface area (Å²) in [6.45, 7) is 10.2. The van der Waals surface area contributed by atoms with E-state index in [0.29, 0.717) is 42.1 Å². The first-order chi connectivity index (χ1) is 24.5. The molecule has 2 fully saturated rings. The van der Waals surface area contributed by atoms with Crippen molar-refractivity contribution in [3.8, 4) is 11.1 Å². The van der Waals surface area contributed by atoms with Crippen molar-refractivity contribution in [3.05, 3.63) is 91.6 Å². The zero-order chi connectivity index (χ0) is 38.1. The number of halogens is 6. The van der Waals surface area contributed by atoms with Crippen LogP contribution >= 0.6 is 0 Å². The van der Waals surface area contributed by atoms with Crippen LogP contribution in [0.3, 0.4) is 0 Å². The van der Waals surface area contributed by atoms with Crippen molar-refractivity contribution in [2.45, 2.75) is 104 Å². The number of Topliss-reactive ketones (excluding diaryl/α,β-unsaturated/α-hetero) is 1. The van der Waals surface area contributed by atoms with Crippen molar-refractivity contribution in [3.63, 3.8) is 0 Å². The lowest BCUT2D eigenvalue weighted by Gasteiger charge is -2.31. The minimum atomic E-state index is -4.80. The molecule has 3 aromatic rings. The normalized spacial score (nSPS) is 16.2. The number of hydrogen-bond donors (Lipinski definition) is 0. The smallest absolute Gasteiger partial charge is 0.416 e. The maximum absolute atomic E-state index is 16.9. The molecule has 6 nitrogen and oxygen atoms in total. The second-order valence-electron chi connectivity index (χ2n) is 14.7. The SMILES string of the molecule is CCOC(=O)C[C@H](CC(=O)C(CC(C)C)n1cc(CCN2CCC2)c(C(F)(F)F)cc1=O)c1c(F)c(-c2c(C)cc(F)cc2C)cc(C2CC2)c1F. The molecule has 1 aliphatic carbocycles. The summed E-state index contributed by atoms with van der Waals surface area (Å²) in [5.41, 5.74) is -1.28. The van der Waals surface area contributed by atoms with Crippen LogP contribution in [0.5, 0.6) is 0 Å². The quantitative estimate of drug-likeness (QED) is 0.115. The number of carbonyl (C=O) groups excluding carboxylic acids is 2. The first-order valence-electron chi connectivity index (χ1n) is 18.0. The number of ether oxygens (including phenoxy) is 1. The van der Waals surface area contributed by atoms with Crippen molar-refractivity contribution >= 4 is 11.8 Å². The first kappa shape index (κ1) is 39.3. The predicted molar refractivity (Wildman–Crippen MR) is 186 cm³/mol. The fraction of sp³-hybridized carbons (Fsp3) is 0.525. The molecule has 1 saturated carbocycles. The van der Waals surface area contributed by atoms with Gasteiger partial charge in [0.15, 0.2) is 5.78 Å². The molecule has 0 bridgehead atoms. The van der Waals surface area contributed by atoms with Gasteiger partial charge in [0.05, 0.1) is 24.6 Å². The summed E-state index contributed by atoms with van der Waals surface area (Å²) in [5, 5.41) is 0. The Balaban J connectivity index is 1.62. The van der Waals surface area contributed by atoms with Crippen molar-refractivity contribution < 1.29 is 40.7 Å². The molecule has 0 N–H and O–H groups in total. The zero-order valence-corrected chi connectivity index (χ0v) is 30.3. The van der Waals surface area contributed by atoms with Gasteiger partial charge >= 0.3 is 12.1 Å². The number of pyridine rings is 1. The molecule has 0 amide bonds. The second-order valence-corrected chi connectivity index (χ2v) is 14.7. The molecule has 2 heterocycles. The van der Waals surface area contributed by atoms with E-state index in [0.717, 1.165) is 30.3 Å². The van der Waals surface area contributed by atoms with Gasteiger partial charge in [0.25, 0.3) is 5.56 Å². The van der Waals surface area contributed by atoms with Crippen molar-refractivity contribution in [1.82, 2.24) is 9.47 Å². The number of esters is 1. The van der Waals surface area contributed by atoms with E-state index in [1.54, 1.807) is 34.6 Å². The number of rotatable bonds is 15. The largest absolute Gasteiger partial charge is 0.466 e. The lowest BCUT2D eigenvalue weighted by molar-refractivity contribution is -0.143. The maximum Gasteiger partial charge on any atom is 0.416 e. The number of carbonyl (C=O) groups is 2. The van der Waals surface area contributed by atoms with E-state index in [9.17, 15) is 31.9 Å². The van der Waals surface area contributed by atoms with E-state index in [1.807, 2.05) is 4.90 Å². The fourth-order valence-corrected chi connectivity index (χ4v) is 7.35. The van der Waals surface area contributed by atoms with Crippen LogP contribution < -0.4 is 5.56 Å². The second kappa shape index (κ2) is 16.0. The summed E-state index contributed by atoms with van der Waals surface area (Å²) in [4.78, 5) is 42.8. The molecule has 1 aromatic heterocycles. The molecule has 0 radical (unpaired) electrons. The van der Waals surface area contributed by atoms with Crippen LogP contribution in [-0.2, 0) is 26.9 Å². The fourth-order valence-electron chi connectivity index (χ4n) is 7.35. The van der Waals surface area contributed by atoms with Gasteiger partial charge in [-0.15, -0.1) is 0 Å². The lowest BCUT2D eigenvalue weighted by atomic mass is 9.82. The van der Waals surface area contributed by atoms with Gasteiger partial charge in [-0.2, -0.15) is 13.2 Å². The van der Waals surface area contributed by atoms with Gasteiger partial charge < -0.3 is 14.2 Å². The Morgan fingerprint density at radius 2 is 1.62 bits per heavy atom. The van der Waals surface area contributed by atoms with Crippen LogP contribution in [0.2, 0.25) is 0 Å². The summed E-state index contributed by atoms with van der Waals surface area (Å²) >= 11 is 0. The van der Waals surface area contributed by atoms with Crippen molar-refractivity contribution in [2.24, 2.45) is 5.92 Å². The molecule has 2 atom stereocenters. The Labute approximate surface area is 300 Å². The van der Waals surface area contributed by atoms with E-state index in [4.69, 9.17) is 4.74 Å². The van der Waals surface area contributed by atoms with E-state index in [2.05, 4.69) is 0 Å². The third-order valence-corrected chi connectivity index (χ3v) is 10.1. The standard InChI is InChI=1S/C40H46F6N2O4/c1-6-52-35(51)18-27(37-38(42)29(25-8-9-25)19-30(39(37)43)36-23(4)15-28(41)16-24(36)5)17-33(49)32(14-22(2)3)48-21-26(10-13-47-11-7-12-47)31(20-34(48)50)40(44,45)46/h15-16,19-22,25,27,32H,6-14,17-18H2,1-5H3/t27-,32?/m0/s1. The monoisotopic (exact) mass is 732 g/mol. The number of aryl methyl sites for hydroxylation is 2. The number of aromatic nitrogens is 1. The Morgan fingerprint density at radius 1 is 0.962 bits per heavy atom. The van der Waals surface area contributed by atoms with Crippen LogP contribution in [0, 0.1) is 37.2 Å². The summed E-state index contributed by atoms with van der Waals surface area (Å²) in [5.74, 6) is -5.67. The molecule has 2 aromatic carbocycles.